The molecule has 0 unspecified atom stereocenters. The number of pyridine rings is 1. The van der Waals surface area contributed by atoms with E-state index in [0.717, 1.165) is 5.56 Å². The molecule has 0 saturated carbocycles. The van der Waals surface area contributed by atoms with E-state index < -0.39 is 5.41 Å². The van der Waals surface area contributed by atoms with Gasteiger partial charge in [-0.15, -0.1) is 0 Å². The van der Waals surface area contributed by atoms with Crippen LogP contribution < -0.4 is 5.32 Å². The molecule has 1 aliphatic heterocycles. The summed E-state index contributed by atoms with van der Waals surface area (Å²) in [5.41, 5.74) is 0.555. The molecule has 2 heterocycles. The lowest BCUT2D eigenvalue weighted by Crippen LogP contribution is -2.44. The Morgan fingerprint density at radius 2 is 1.91 bits per heavy atom. The van der Waals surface area contributed by atoms with Gasteiger partial charge in [0.2, 0.25) is 5.91 Å². The van der Waals surface area contributed by atoms with Crippen LogP contribution in [0, 0.1) is 0 Å². The van der Waals surface area contributed by atoms with Crippen LogP contribution in [0.15, 0.2) is 42.7 Å². The van der Waals surface area contributed by atoms with Gasteiger partial charge in [0.15, 0.2) is 5.75 Å². The molecule has 3 rings (SSSR count). The monoisotopic (exact) mass is 332 g/mol. The Hall–Kier alpha value is -2.11. The summed E-state index contributed by atoms with van der Waals surface area (Å²) in [5, 5.41) is 13.3. The highest BCUT2D eigenvalue weighted by molar-refractivity contribution is 6.30. The summed E-state index contributed by atoms with van der Waals surface area (Å²) in [6, 6.07) is 8.89. The highest BCUT2D eigenvalue weighted by Crippen LogP contribution is 2.37. The summed E-state index contributed by atoms with van der Waals surface area (Å²) in [6.45, 7) is 1.02. The van der Waals surface area contributed by atoms with Crippen molar-refractivity contribution in [3.05, 3.63) is 53.3 Å². The zero-order chi connectivity index (χ0) is 16.3. The minimum Gasteiger partial charge on any atom is -0.504 e. The van der Waals surface area contributed by atoms with Gasteiger partial charge < -0.3 is 15.2 Å². The maximum absolute atomic E-state index is 13.0. The topological polar surface area (TPSA) is 71.5 Å². The molecule has 1 amide bonds. The smallest absolute Gasteiger partial charge is 0.235 e. The van der Waals surface area contributed by atoms with Crippen molar-refractivity contribution in [1.82, 2.24) is 4.98 Å². The lowest BCUT2D eigenvalue weighted by Gasteiger charge is -2.36. The van der Waals surface area contributed by atoms with Crippen molar-refractivity contribution in [2.24, 2.45) is 0 Å². The van der Waals surface area contributed by atoms with Crippen molar-refractivity contribution in [3.8, 4) is 5.75 Å². The number of hydrogen-bond donors (Lipinski definition) is 2. The third-order valence-electron chi connectivity index (χ3n) is 4.23. The number of carbonyl (C=O) groups is 1. The van der Waals surface area contributed by atoms with Crippen LogP contribution in [-0.2, 0) is 14.9 Å². The van der Waals surface area contributed by atoms with Crippen molar-refractivity contribution in [2.75, 3.05) is 18.5 Å². The van der Waals surface area contributed by atoms with Crippen LogP contribution in [0.3, 0.4) is 0 Å². The number of ether oxygens (including phenoxy) is 1. The Balaban J connectivity index is 1.94. The number of benzene rings is 1. The zero-order valence-electron chi connectivity index (χ0n) is 12.5. The van der Waals surface area contributed by atoms with Crippen molar-refractivity contribution in [2.45, 2.75) is 18.3 Å². The van der Waals surface area contributed by atoms with Gasteiger partial charge in [-0.1, -0.05) is 23.7 Å². The van der Waals surface area contributed by atoms with Gasteiger partial charge in [-0.3, -0.25) is 9.78 Å². The number of aromatic hydroxyl groups is 1. The van der Waals surface area contributed by atoms with Crippen LogP contribution in [0.2, 0.25) is 5.02 Å². The Morgan fingerprint density at radius 1 is 1.22 bits per heavy atom. The summed E-state index contributed by atoms with van der Waals surface area (Å²) < 4.78 is 5.43. The number of amides is 1. The standard InChI is InChI=1S/C17H17ClN2O3/c18-13-3-1-12(2-4-13)17(6-9-23-10-7-17)16(22)20-14-5-8-19-11-15(14)21/h1-5,8,11,21H,6-7,9-10H2,(H,19,20,22). The van der Waals surface area contributed by atoms with Crippen LogP contribution in [-0.4, -0.2) is 29.2 Å². The molecule has 0 radical (unpaired) electrons. The highest BCUT2D eigenvalue weighted by atomic mass is 35.5. The van der Waals surface area contributed by atoms with E-state index in [1.54, 1.807) is 18.2 Å². The second-order valence-electron chi connectivity index (χ2n) is 5.55. The number of nitrogens with zero attached hydrogens (tertiary/aromatic N) is 1. The molecule has 1 saturated heterocycles. The van der Waals surface area contributed by atoms with Crippen LogP contribution in [0.25, 0.3) is 0 Å². The van der Waals surface area contributed by atoms with E-state index in [2.05, 4.69) is 10.3 Å². The van der Waals surface area contributed by atoms with Crippen LogP contribution >= 0.6 is 11.6 Å². The predicted octanol–water partition coefficient (Wildman–Crippen LogP) is 3.13. The maximum atomic E-state index is 13.0. The van der Waals surface area contributed by atoms with Gasteiger partial charge in [-0.2, -0.15) is 0 Å². The molecule has 5 nitrogen and oxygen atoms in total. The van der Waals surface area contributed by atoms with E-state index in [-0.39, 0.29) is 11.7 Å². The SMILES string of the molecule is O=C(Nc1ccncc1O)C1(c2ccc(Cl)cc2)CCOCC1. The van der Waals surface area contributed by atoms with Gasteiger partial charge >= 0.3 is 0 Å². The molecule has 0 spiro atoms. The molecular formula is C17H17ClN2O3. The average molecular weight is 333 g/mol. The Bertz CT molecular complexity index is 697. The van der Waals surface area contributed by atoms with Gasteiger partial charge in [-0.05, 0) is 36.6 Å². The first-order valence-electron chi connectivity index (χ1n) is 7.40. The largest absolute Gasteiger partial charge is 0.504 e. The van der Waals surface area contributed by atoms with Crippen LogP contribution in [0.4, 0.5) is 5.69 Å². The molecule has 1 aromatic carbocycles. The molecule has 1 aromatic heterocycles. The third-order valence-corrected chi connectivity index (χ3v) is 4.48. The summed E-state index contributed by atoms with van der Waals surface area (Å²) in [7, 11) is 0. The molecule has 0 bridgehead atoms. The molecule has 0 atom stereocenters. The number of aromatic nitrogens is 1. The number of hydrogen-bond acceptors (Lipinski definition) is 4. The molecular weight excluding hydrogens is 316 g/mol. The van der Waals surface area contributed by atoms with E-state index >= 15 is 0 Å². The van der Waals surface area contributed by atoms with Crippen LogP contribution in [0.5, 0.6) is 5.75 Å². The molecule has 6 heteroatoms. The van der Waals surface area contributed by atoms with Gasteiger partial charge in [0.05, 0.1) is 17.3 Å². The van der Waals surface area contributed by atoms with E-state index in [4.69, 9.17) is 16.3 Å². The molecule has 2 N–H and O–H groups in total. The molecule has 1 aliphatic rings. The Labute approximate surface area is 139 Å². The minimum absolute atomic E-state index is 0.0563. The molecule has 120 valence electrons. The molecule has 0 aliphatic carbocycles. The summed E-state index contributed by atoms with van der Waals surface area (Å²) >= 11 is 5.96. The number of anilines is 1. The van der Waals surface area contributed by atoms with Gasteiger partial charge in [0, 0.05) is 24.4 Å². The van der Waals surface area contributed by atoms with E-state index in [0.29, 0.717) is 36.8 Å². The first-order chi connectivity index (χ1) is 11.1. The van der Waals surface area contributed by atoms with Crippen molar-refractivity contribution in [1.29, 1.82) is 0 Å². The Morgan fingerprint density at radius 3 is 2.57 bits per heavy atom. The van der Waals surface area contributed by atoms with Crippen molar-refractivity contribution < 1.29 is 14.6 Å². The molecule has 2 aromatic rings. The van der Waals surface area contributed by atoms with E-state index in [1.807, 2.05) is 12.1 Å². The lowest BCUT2D eigenvalue weighted by atomic mass is 9.73. The molecule has 1 fully saturated rings. The highest BCUT2D eigenvalue weighted by Gasteiger charge is 2.41. The van der Waals surface area contributed by atoms with Crippen molar-refractivity contribution >= 4 is 23.2 Å². The first kappa shape index (κ1) is 15.8. The fourth-order valence-electron chi connectivity index (χ4n) is 2.87. The van der Waals surface area contributed by atoms with Gasteiger partial charge in [0.25, 0.3) is 0 Å². The average Bonchev–Trinajstić information content (AvgIpc) is 2.58. The second-order valence-corrected chi connectivity index (χ2v) is 5.98. The van der Waals surface area contributed by atoms with E-state index in [1.165, 1.54) is 12.4 Å². The Kier molecular flexibility index (Phi) is 4.50. The summed E-state index contributed by atoms with van der Waals surface area (Å²) in [6.07, 6.45) is 3.97. The summed E-state index contributed by atoms with van der Waals surface area (Å²) in [4.78, 5) is 16.8. The number of nitrogens with one attached hydrogen (secondary N) is 1. The number of carbonyl (C=O) groups excluding carboxylic acids is 1. The zero-order valence-corrected chi connectivity index (χ0v) is 13.2. The first-order valence-corrected chi connectivity index (χ1v) is 7.78. The number of rotatable bonds is 3. The second kappa shape index (κ2) is 6.56. The fraction of sp³-hybridized carbons (Fsp3) is 0.294. The van der Waals surface area contributed by atoms with Gasteiger partial charge in [-0.25, -0.2) is 0 Å². The van der Waals surface area contributed by atoms with Crippen LogP contribution in [0.1, 0.15) is 18.4 Å². The van der Waals surface area contributed by atoms with Gasteiger partial charge in [0.1, 0.15) is 0 Å². The number of halogens is 1. The quantitative estimate of drug-likeness (QED) is 0.905. The minimum atomic E-state index is -0.696. The van der Waals surface area contributed by atoms with Crippen molar-refractivity contribution in [3.63, 3.8) is 0 Å². The normalized spacial score (nSPS) is 16.7. The lowest BCUT2D eigenvalue weighted by molar-refractivity contribution is -0.125. The predicted molar refractivity (Wildman–Crippen MR) is 87.7 cm³/mol. The van der Waals surface area contributed by atoms with E-state index in [9.17, 15) is 9.90 Å². The fourth-order valence-corrected chi connectivity index (χ4v) is 3.00. The maximum Gasteiger partial charge on any atom is 0.235 e. The summed E-state index contributed by atoms with van der Waals surface area (Å²) in [5.74, 6) is -0.219. The third kappa shape index (κ3) is 3.16. The molecule has 23 heavy (non-hydrogen) atoms.